The quantitative estimate of drug-likeness (QED) is 0.0931. The van der Waals surface area contributed by atoms with E-state index in [1.54, 1.807) is 50.4 Å². The highest BCUT2D eigenvalue weighted by Gasteiger charge is 2.34. The number of carbonyl (C=O) groups is 3. The molecule has 2 fully saturated rings. The van der Waals surface area contributed by atoms with Gasteiger partial charge >= 0.3 is 18.1 Å². The van der Waals surface area contributed by atoms with Crippen LogP contribution in [-0.2, 0) is 20.9 Å². The van der Waals surface area contributed by atoms with E-state index in [1.807, 2.05) is 6.07 Å². The Labute approximate surface area is 288 Å². The number of aliphatic hydroxyl groups is 1. The number of amides is 2. The number of carboxylic acids is 1. The van der Waals surface area contributed by atoms with Crippen molar-refractivity contribution < 1.29 is 38.8 Å². The molecule has 6 N–H and O–H groups in total. The van der Waals surface area contributed by atoms with Gasteiger partial charge in [0.05, 0.1) is 17.2 Å². The molecule has 1 saturated carbocycles. The van der Waals surface area contributed by atoms with Crippen LogP contribution in [0.15, 0.2) is 36.8 Å². The maximum absolute atomic E-state index is 13.3. The Kier molecular flexibility index (Phi) is 12.0. The number of nitrogens with zero attached hydrogens (tertiary/aromatic N) is 5. The normalized spacial score (nSPS) is 21.8. The van der Waals surface area contributed by atoms with Gasteiger partial charge in [0.15, 0.2) is 11.8 Å². The Morgan fingerprint density at radius 2 is 1.88 bits per heavy atom. The molecule has 1 aromatic carbocycles. The summed E-state index contributed by atoms with van der Waals surface area (Å²) < 4.78 is 21.5. The Morgan fingerprint density at radius 3 is 2.61 bits per heavy atom. The van der Waals surface area contributed by atoms with Crippen LogP contribution in [-0.4, -0.2) is 116 Å². The highest BCUT2D eigenvalue weighted by Crippen LogP contribution is 2.30. The van der Waals surface area contributed by atoms with Gasteiger partial charge in [0.25, 0.3) is 0 Å². The number of aliphatic carboxylic acids is 1. The van der Waals surface area contributed by atoms with E-state index in [2.05, 4.69) is 26.9 Å². The first-order valence-corrected chi connectivity index (χ1v) is 17.2. The molecule has 3 atom stereocenters. The van der Waals surface area contributed by atoms with Gasteiger partial charge in [0.1, 0.15) is 24.5 Å². The molecule has 49 heavy (non-hydrogen) atoms. The number of benzene rings is 1. The first kappa shape index (κ1) is 36.0. The molecule has 3 aromatic rings. The highest BCUT2D eigenvalue weighted by molar-refractivity contribution is 7.97. The summed E-state index contributed by atoms with van der Waals surface area (Å²) in [4.78, 5) is 48.9. The summed E-state index contributed by atoms with van der Waals surface area (Å²) in [5, 5.41) is 23.4. The third-order valence-electron chi connectivity index (χ3n) is 8.37. The van der Waals surface area contributed by atoms with Gasteiger partial charge in [-0.25, -0.2) is 24.4 Å². The molecule has 17 heteroatoms. The third-order valence-corrected chi connectivity index (χ3v) is 9.48. The van der Waals surface area contributed by atoms with E-state index >= 15 is 0 Å². The molecule has 0 bridgehead atoms. The van der Waals surface area contributed by atoms with Gasteiger partial charge in [-0.1, -0.05) is 24.9 Å². The SMILES string of the molecule is CCCSN[C@H]1C[C@@H](Nc2ncnc3c2ccn3C(=O)N(C)CCN(C)C(=O)OCc2ccc(OC3CC(O)CC(C(=O)O)O3)c(N)c2)C1. The second-order valence-electron chi connectivity index (χ2n) is 12.3. The number of ether oxygens (including phenoxy) is 3. The van der Waals surface area contributed by atoms with Crippen molar-refractivity contribution in [1.82, 2.24) is 29.1 Å². The lowest BCUT2D eigenvalue weighted by molar-refractivity contribution is -0.195. The summed E-state index contributed by atoms with van der Waals surface area (Å²) in [6, 6.07) is 7.09. The van der Waals surface area contributed by atoms with Crippen LogP contribution >= 0.6 is 11.9 Å². The topological polar surface area (TPSA) is 207 Å². The number of aromatic nitrogens is 3. The van der Waals surface area contributed by atoms with Crippen molar-refractivity contribution in [2.45, 2.75) is 76.2 Å². The maximum atomic E-state index is 13.3. The van der Waals surface area contributed by atoms with Gasteiger partial charge in [-0.3, -0.25) is 9.29 Å². The third kappa shape index (κ3) is 9.23. The van der Waals surface area contributed by atoms with Crippen molar-refractivity contribution in [2.24, 2.45) is 0 Å². The Hall–Kier alpha value is -4.32. The van der Waals surface area contributed by atoms with Gasteiger partial charge < -0.3 is 45.3 Å². The fourth-order valence-corrected chi connectivity index (χ4v) is 6.23. The van der Waals surface area contributed by atoms with Gasteiger partial charge in [0, 0.05) is 64.1 Å². The number of carbonyl (C=O) groups excluding carboxylic acids is 2. The molecule has 0 spiro atoms. The minimum atomic E-state index is -1.18. The van der Waals surface area contributed by atoms with E-state index in [4.69, 9.17) is 19.9 Å². The number of nitrogens with two attached hydrogens (primary N) is 1. The van der Waals surface area contributed by atoms with Crippen LogP contribution in [0.5, 0.6) is 5.75 Å². The number of carboxylic acid groups (broad SMARTS) is 1. The number of likely N-dealkylation sites (N-methyl/N-ethyl adjacent to an activating group) is 2. The molecule has 2 aromatic heterocycles. The van der Waals surface area contributed by atoms with Crippen molar-refractivity contribution in [1.29, 1.82) is 0 Å². The lowest BCUT2D eigenvalue weighted by atomic mass is 9.87. The molecule has 266 valence electrons. The van der Waals surface area contributed by atoms with E-state index in [0.717, 1.165) is 30.4 Å². The van der Waals surface area contributed by atoms with Crippen LogP contribution in [0.4, 0.5) is 21.1 Å². The Bertz CT molecular complexity index is 1620. The molecular weight excluding hydrogens is 656 g/mol. The molecule has 3 unspecified atom stereocenters. The minimum Gasteiger partial charge on any atom is -0.479 e. The highest BCUT2D eigenvalue weighted by atomic mass is 32.2. The predicted octanol–water partition coefficient (Wildman–Crippen LogP) is 3.10. The van der Waals surface area contributed by atoms with E-state index in [0.29, 0.717) is 29.1 Å². The van der Waals surface area contributed by atoms with Crippen molar-refractivity contribution in [3.8, 4) is 5.75 Å². The number of nitrogens with one attached hydrogen (secondary N) is 2. The van der Waals surface area contributed by atoms with Crippen LogP contribution < -0.4 is 20.5 Å². The summed E-state index contributed by atoms with van der Waals surface area (Å²) in [6.07, 6.45) is 2.71. The van der Waals surface area contributed by atoms with Crippen LogP contribution in [0.3, 0.4) is 0 Å². The average Bonchev–Trinajstić information content (AvgIpc) is 3.50. The molecular formula is C32H44N8O8S. The zero-order valence-corrected chi connectivity index (χ0v) is 28.6. The largest absolute Gasteiger partial charge is 0.479 e. The Balaban J connectivity index is 1.07. The van der Waals surface area contributed by atoms with E-state index < -0.39 is 30.6 Å². The van der Waals surface area contributed by atoms with Crippen LogP contribution in [0.2, 0.25) is 0 Å². The summed E-state index contributed by atoms with van der Waals surface area (Å²) >= 11 is 1.77. The van der Waals surface area contributed by atoms with E-state index in [1.165, 1.54) is 20.7 Å². The van der Waals surface area contributed by atoms with E-state index in [-0.39, 0.29) is 50.0 Å². The second-order valence-corrected chi connectivity index (χ2v) is 13.2. The number of hydrogen-bond donors (Lipinski definition) is 5. The Morgan fingerprint density at radius 1 is 1.10 bits per heavy atom. The summed E-state index contributed by atoms with van der Waals surface area (Å²) in [7, 11) is 3.23. The molecule has 16 nitrogen and oxygen atoms in total. The van der Waals surface area contributed by atoms with Crippen molar-refractivity contribution >= 4 is 52.6 Å². The second kappa shape index (κ2) is 16.4. The molecule has 1 aliphatic carbocycles. The number of rotatable bonds is 14. The lowest BCUT2D eigenvalue weighted by Gasteiger charge is -2.36. The van der Waals surface area contributed by atoms with Gasteiger partial charge in [0.2, 0.25) is 6.29 Å². The first-order chi connectivity index (χ1) is 23.5. The summed E-state index contributed by atoms with van der Waals surface area (Å²) in [6.45, 7) is 2.56. The zero-order valence-electron chi connectivity index (χ0n) is 27.8. The number of aliphatic hydroxyl groups excluding tert-OH is 1. The molecule has 1 aliphatic heterocycles. The van der Waals surface area contributed by atoms with Crippen LogP contribution in [0.25, 0.3) is 11.0 Å². The molecule has 3 heterocycles. The number of hydrogen-bond acceptors (Lipinski definition) is 13. The average molecular weight is 701 g/mol. The van der Waals surface area contributed by atoms with Crippen molar-refractivity contribution in [3.63, 3.8) is 0 Å². The van der Waals surface area contributed by atoms with Crippen LogP contribution in [0, 0.1) is 0 Å². The number of nitrogen functional groups attached to an aromatic ring is 1. The summed E-state index contributed by atoms with van der Waals surface area (Å²) in [5.41, 5.74) is 7.44. The van der Waals surface area contributed by atoms with Crippen molar-refractivity contribution in [2.75, 3.05) is 44.0 Å². The standard InChI is InChI=1S/C32H44N8O8S/c1-4-11-49-37-21-13-20(14-21)36-28-23-7-8-40(29(23)35-18-34-28)31(44)38(2)9-10-39(3)32(45)46-17-19-5-6-25(24(33)12-19)47-27-16-22(41)15-26(48-27)30(42)43/h5-8,12,18,20-22,26-27,37,41H,4,9-11,13-17,33H2,1-3H3,(H,42,43)(H,34,35,36)/t20-,21+,22?,26?,27?. The lowest BCUT2D eigenvalue weighted by Crippen LogP contribution is -2.45. The molecule has 0 radical (unpaired) electrons. The maximum Gasteiger partial charge on any atom is 0.409 e. The minimum absolute atomic E-state index is 0.0213. The van der Waals surface area contributed by atoms with Gasteiger partial charge in [-0.2, -0.15) is 0 Å². The predicted molar refractivity (Wildman–Crippen MR) is 183 cm³/mol. The first-order valence-electron chi connectivity index (χ1n) is 16.2. The van der Waals surface area contributed by atoms with E-state index in [9.17, 15) is 24.6 Å². The van der Waals surface area contributed by atoms with Gasteiger partial charge in [-0.05, 0) is 43.0 Å². The number of fused-ring (bicyclic) bond motifs is 1. The zero-order chi connectivity index (χ0) is 35.1. The molecule has 2 amide bonds. The van der Waals surface area contributed by atoms with Crippen molar-refractivity contribution in [3.05, 3.63) is 42.4 Å². The van der Waals surface area contributed by atoms with Gasteiger partial charge in [-0.15, -0.1) is 0 Å². The molecule has 5 rings (SSSR count). The summed E-state index contributed by atoms with van der Waals surface area (Å²) in [5.74, 6) is 0.855. The smallest absolute Gasteiger partial charge is 0.409 e. The monoisotopic (exact) mass is 700 g/mol. The fourth-order valence-electron chi connectivity index (χ4n) is 5.48. The fraction of sp³-hybridized carbons (Fsp3) is 0.531. The molecule has 2 aliphatic rings. The van der Waals surface area contributed by atoms with Crippen LogP contribution in [0.1, 0.15) is 44.6 Å². The molecule has 1 saturated heterocycles. The number of anilines is 2.